The molecule has 0 aromatic heterocycles. The molecule has 0 radical (unpaired) electrons. The van der Waals surface area contributed by atoms with Gasteiger partial charge in [0.15, 0.2) is 6.61 Å². The van der Waals surface area contributed by atoms with E-state index in [0.29, 0.717) is 11.4 Å². The number of carbonyl (C=O) groups is 4. The van der Waals surface area contributed by atoms with E-state index in [0.717, 1.165) is 28.3 Å². The summed E-state index contributed by atoms with van der Waals surface area (Å²) in [6.07, 6.45) is 0.568. The molecule has 1 aliphatic rings. The molecule has 0 fully saturated rings. The number of anilines is 3. The Hall–Kier alpha value is -5.10. The third-order valence-electron chi connectivity index (χ3n) is 10.3. The van der Waals surface area contributed by atoms with Gasteiger partial charge >= 0.3 is 6.09 Å². The number of benzene rings is 4. The summed E-state index contributed by atoms with van der Waals surface area (Å²) in [6.45, 7) is 12.7. The molecule has 3 N–H and O–H groups in total. The lowest BCUT2D eigenvalue weighted by Gasteiger charge is -2.30. The van der Waals surface area contributed by atoms with Crippen molar-refractivity contribution in [3.05, 3.63) is 116 Å². The van der Waals surface area contributed by atoms with Crippen molar-refractivity contribution in [3.8, 4) is 5.75 Å². The summed E-state index contributed by atoms with van der Waals surface area (Å²) >= 11 is 19.1. The van der Waals surface area contributed by atoms with Crippen LogP contribution in [0, 0.1) is 0 Å². The lowest BCUT2D eigenvalue weighted by molar-refractivity contribution is -0.118. The van der Waals surface area contributed by atoms with Crippen LogP contribution in [0.5, 0.6) is 5.75 Å². The van der Waals surface area contributed by atoms with E-state index >= 15 is 0 Å². The Labute approximate surface area is 341 Å². The van der Waals surface area contributed by atoms with E-state index in [-0.39, 0.29) is 60.8 Å². The fourth-order valence-corrected chi connectivity index (χ4v) is 7.11. The zero-order chi connectivity index (χ0) is 41.1. The zero-order valence-electron chi connectivity index (χ0n) is 32.2. The number of hydrogen-bond donors (Lipinski definition) is 3. The van der Waals surface area contributed by atoms with Gasteiger partial charge in [-0.1, -0.05) is 113 Å². The number of hydrogen-bond acceptors (Lipinski definition) is 6. The average Bonchev–Trinajstić information content (AvgIpc) is 3.46. The van der Waals surface area contributed by atoms with E-state index in [1.807, 2.05) is 12.1 Å². The second-order valence-corrected chi connectivity index (χ2v) is 16.0. The number of hydrazone groups is 1. The average molecular weight is 821 g/mol. The van der Waals surface area contributed by atoms with Crippen LogP contribution in [-0.4, -0.2) is 48.4 Å². The number of halogens is 3. The van der Waals surface area contributed by atoms with Crippen LogP contribution in [0.2, 0.25) is 15.1 Å². The molecule has 1 unspecified atom stereocenters. The Bertz CT molecular complexity index is 2200. The van der Waals surface area contributed by atoms with Crippen LogP contribution < -0.4 is 25.3 Å². The molecule has 14 heteroatoms. The Morgan fingerprint density at radius 1 is 0.875 bits per heavy atom. The minimum Gasteiger partial charge on any atom is -0.483 e. The first kappa shape index (κ1) is 42.1. The monoisotopic (exact) mass is 819 g/mol. The summed E-state index contributed by atoms with van der Waals surface area (Å²) in [5, 5.41) is 21.0. The van der Waals surface area contributed by atoms with Gasteiger partial charge in [0.25, 0.3) is 17.7 Å². The molecule has 4 aromatic rings. The fourth-order valence-electron chi connectivity index (χ4n) is 6.14. The van der Waals surface area contributed by atoms with Crippen molar-refractivity contribution in [1.82, 2.24) is 5.32 Å². The van der Waals surface area contributed by atoms with E-state index in [2.05, 4.69) is 63.3 Å². The normalized spacial score (nSPS) is 14.3. The van der Waals surface area contributed by atoms with Gasteiger partial charge in [0.05, 0.1) is 15.7 Å². The maximum Gasteiger partial charge on any atom is 0.411 e. The summed E-state index contributed by atoms with van der Waals surface area (Å²) in [7, 11) is 1.33. The molecule has 0 bridgehead atoms. The van der Waals surface area contributed by atoms with Gasteiger partial charge in [0.2, 0.25) is 0 Å². The summed E-state index contributed by atoms with van der Waals surface area (Å²) < 4.78 is 6.09. The Morgan fingerprint density at radius 3 is 2.18 bits per heavy atom. The van der Waals surface area contributed by atoms with Crippen molar-refractivity contribution < 1.29 is 29.0 Å². The molecule has 1 atom stereocenters. The molecule has 0 spiro atoms. The SMILES string of the molecule is CCC(C)(C)c1ccc(OCC(=O)Nc2cccc(C(=O)NC3=NN(c4c(Cl)cc(Cl)cc4Cl)C(=O)C3c3ccccc3N(C)C(=O)O)c2)c(C(C)(C)CC)c1. The summed E-state index contributed by atoms with van der Waals surface area (Å²) in [5.41, 5.74) is 2.93. The largest absolute Gasteiger partial charge is 0.483 e. The number of nitrogens with zero attached hydrogens (tertiary/aromatic N) is 3. The van der Waals surface area contributed by atoms with Crippen LogP contribution in [-0.2, 0) is 20.4 Å². The van der Waals surface area contributed by atoms with Crippen molar-refractivity contribution >= 4 is 81.5 Å². The maximum atomic E-state index is 14.2. The lowest BCUT2D eigenvalue weighted by atomic mass is 9.76. The topological polar surface area (TPSA) is 141 Å². The molecule has 0 saturated carbocycles. The quantitative estimate of drug-likeness (QED) is 0.130. The van der Waals surface area contributed by atoms with Gasteiger partial charge in [-0.15, -0.1) is 0 Å². The summed E-state index contributed by atoms with van der Waals surface area (Å²) in [4.78, 5) is 54.1. The van der Waals surface area contributed by atoms with Crippen LogP contribution in [0.15, 0.2) is 84.0 Å². The van der Waals surface area contributed by atoms with Crippen LogP contribution in [0.1, 0.15) is 87.4 Å². The predicted molar refractivity (Wildman–Crippen MR) is 223 cm³/mol. The van der Waals surface area contributed by atoms with Crippen LogP contribution in [0.4, 0.5) is 21.9 Å². The number of nitrogens with one attached hydrogen (secondary N) is 2. The van der Waals surface area contributed by atoms with Gasteiger partial charge < -0.3 is 20.5 Å². The number of ether oxygens (including phenoxy) is 1. The molecular weight excluding hydrogens is 777 g/mol. The van der Waals surface area contributed by atoms with Crippen molar-refractivity contribution in [3.63, 3.8) is 0 Å². The highest BCUT2D eigenvalue weighted by Gasteiger charge is 2.42. The number of rotatable bonds is 12. The van der Waals surface area contributed by atoms with Gasteiger partial charge in [-0.3, -0.25) is 19.3 Å². The standard InChI is InChI=1S/C42H44Cl3N5O6/c1-8-41(3,4)25-17-18-33(29(20-25)42(5,6)9-2)56-23-34(51)46-27-14-12-13-24(19-27)38(52)47-37-35(28-15-10-11-16-32(28)49(7)40(54)55)39(53)50(48-37)36-30(44)21-26(43)22-31(36)45/h10-22,35H,8-9,23H2,1-7H3,(H,46,51)(H,54,55)(H,47,48,52). The first-order valence-corrected chi connectivity index (χ1v) is 19.1. The first-order valence-electron chi connectivity index (χ1n) is 18.0. The number of carbonyl (C=O) groups excluding carboxylic acids is 3. The fraction of sp³-hybridized carbons (Fsp3) is 0.310. The molecule has 0 aliphatic carbocycles. The van der Waals surface area contributed by atoms with Crippen molar-refractivity contribution in [2.24, 2.45) is 5.10 Å². The number of carboxylic acid groups (broad SMARTS) is 1. The van der Waals surface area contributed by atoms with Crippen LogP contribution in [0.25, 0.3) is 0 Å². The van der Waals surface area contributed by atoms with E-state index < -0.39 is 29.7 Å². The maximum absolute atomic E-state index is 14.2. The Balaban J connectivity index is 1.39. The van der Waals surface area contributed by atoms with Crippen molar-refractivity contribution in [2.45, 2.75) is 71.1 Å². The van der Waals surface area contributed by atoms with E-state index in [1.54, 1.807) is 30.3 Å². The molecule has 4 aromatic carbocycles. The van der Waals surface area contributed by atoms with E-state index in [9.17, 15) is 24.3 Å². The van der Waals surface area contributed by atoms with Crippen LogP contribution >= 0.6 is 34.8 Å². The lowest BCUT2D eigenvalue weighted by Crippen LogP contribution is -2.36. The van der Waals surface area contributed by atoms with Gasteiger partial charge in [0, 0.05) is 28.9 Å². The molecule has 0 saturated heterocycles. The second-order valence-electron chi connectivity index (χ2n) is 14.7. The Morgan fingerprint density at radius 2 is 1.54 bits per heavy atom. The minimum atomic E-state index is -1.27. The van der Waals surface area contributed by atoms with Gasteiger partial charge in [-0.05, 0) is 77.3 Å². The Kier molecular flexibility index (Phi) is 12.7. The van der Waals surface area contributed by atoms with E-state index in [1.165, 1.54) is 42.9 Å². The zero-order valence-corrected chi connectivity index (χ0v) is 34.4. The van der Waals surface area contributed by atoms with Gasteiger partial charge in [-0.2, -0.15) is 10.1 Å². The highest BCUT2D eigenvalue weighted by molar-refractivity contribution is 6.43. The first-order chi connectivity index (χ1) is 26.4. The molecule has 4 amide bonds. The van der Waals surface area contributed by atoms with Crippen molar-refractivity contribution in [1.29, 1.82) is 0 Å². The number of amidine groups is 1. The molecule has 11 nitrogen and oxygen atoms in total. The number of amides is 4. The highest BCUT2D eigenvalue weighted by Crippen LogP contribution is 2.42. The predicted octanol–water partition coefficient (Wildman–Crippen LogP) is 10.0. The van der Waals surface area contributed by atoms with Gasteiger partial charge in [0.1, 0.15) is 23.2 Å². The molecular formula is C42H44Cl3N5O6. The van der Waals surface area contributed by atoms with Crippen molar-refractivity contribution in [2.75, 3.05) is 28.9 Å². The summed E-state index contributed by atoms with van der Waals surface area (Å²) in [6, 6.07) is 21.5. The van der Waals surface area contributed by atoms with Crippen LogP contribution in [0.3, 0.4) is 0 Å². The third-order valence-corrected chi connectivity index (χ3v) is 11.1. The molecule has 1 heterocycles. The van der Waals surface area contributed by atoms with E-state index in [4.69, 9.17) is 39.5 Å². The third kappa shape index (κ3) is 8.96. The highest BCUT2D eigenvalue weighted by atomic mass is 35.5. The summed E-state index contributed by atoms with van der Waals surface area (Å²) in [5.74, 6) is -2.51. The second kappa shape index (κ2) is 17.0. The minimum absolute atomic E-state index is 0.0222. The smallest absolute Gasteiger partial charge is 0.411 e. The molecule has 1 aliphatic heterocycles. The molecule has 56 heavy (non-hydrogen) atoms. The number of para-hydroxylation sites is 1. The molecule has 294 valence electrons. The molecule has 5 rings (SSSR count). The van der Waals surface area contributed by atoms with Gasteiger partial charge in [-0.25, -0.2) is 4.79 Å².